The van der Waals surface area contributed by atoms with E-state index in [0.717, 1.165) is 37.1 Å². The van der Waals surface area contributed by atoms with E-state index in [0.29, 0.717) is 19.1 Å². The minimum atomic E-state index is -0.0193. The second kappa shape index (κ2) is 10.4. The molecule has 0 bridgehead atoms. The van der Waals surface area contributed by atoms with Gasteiger partial charge in [0.2, 0.25) is 0 Å². The smallest absolute Gasteiger partial charge is 0.251 e. The normalized spacial score (nSPS) is 10.9. The van der Waals surface area contributed by atoms with E-state index in [1.54, 1.807) is 0 Å². The van der Waals surface area contributed by atoms with Gasteiger partial charge in [0, 0.05) is 18.7 Å². The molecular weight excluding hydrogens is 264 g/mol. The van der Waals surface area contributed by atoms with E-state index in [1.165, 1.54) is 0 Å². The zero-order valence-electron chi connectivity index (χ0n) is 13.4. The molecule has 1 aromatic rings. The van der Waals surface area contributed by atoms with Gasteiger partial charge in [-0.3, -0.25) is 4.79 Å². The fraction of sp³-hybridized carbons (Fsp3) is 0.588. The second-order valence-corrected chi connectivity index (χ2v) is 5.56. The lowest BCUT2D eigenvalue weighted by atomic mass is 10.0. The molecule has 0 aliphatic heterocycles. The SMILES string of the molecule is CNCCc1ccccc1C(=O)NCCOCCC(C)C. The Balaban J connectivity index is 2.34. The van der Waals surface area contributed by atoms with E-state index in [1.807, 2.05) is 31.3 Å². The van der Waals surface area contributed by atoms with Gasteiger partial charge in [-0.25, -0.2) is 0 Å². The van der Waals surface area contributed by atoms with Crippen molar-refractivity contribution in [2.24, 2.45) is 5.92 Å². The van der Waals surface area contributed by atoms with Gasteiger partial charge >= 0.3 is 0 Å². The zero-order chi connectivity index (χ0) is 15.5. The summed E-state index contributed by atoms with van der Waals surface area (Å²) in [6.07, 6.45) is 1.91. The van der Waals surface area contributed by atoms with Crippen molar-refractivity contribution in [2.45, 2.75) is 26.7 Å². The Labute approximate surface area is 128 Å². The molecule has 0 radical (unpaired) electrons. The molecule has 0 saturated heterocycles. The first-order chi connectivity index (χ1) is 10.1. The highest BCUT2D eigenvalue weighted by atomic mass is 16.5. The fourth-order valence-corrected chi connectivity index (χ4v) is 1.97. The van der Waals surface area contributed by atoms with E-state index in [-0.39, 0.29) is 5.91 Å². The van der Waals surface area contributed by atoms with Crippen molar-refractivity contribution >= 4 is 5.91 Å². The number of likely N-dealkylation sites (N-methyl/N-ethyl adjacent to an activating group) is 1. The number of carbonyl (C=O) groups is 1. The van der Waals surface area contributed by atoms with E-state index >= 15 is 0 Å². The fourth-order valence-electron chi connectivity index (χ4n) is 1.97. The minimum Gasteiger partial charge on any atom is -0.380 e. The summed E-state index contributed by atoms with van der Waals surface area (Å²) < 4.78 is 5.50. The third-order valence-electron chi connectivity index (χ3n) is 3.28. The maximum absolute atomic E-state index is 12.2. The Hall–Kier alpha value is -1.39. The molecule has 1 aromatic carbocycles. The average Bonchev–Trinajstić information content (AvgIpc) is 2.48. The van der Waals surface area contributed by atoms with Crippen LogP contribution in [0.4, 0.5) is 0 Å². The van der Waals surface area contributed by atoms with Gasteiger partial charge in [0.05, 0.1) is 6.61 Å². The van der Waals surface area contributed by atoms with Crippen molar-refractivity contribution in [1.82, 2.24) is 10.6 Å². The van der Waals surface area contributed by atoms with Crippen LogP contribution >= 0.6 is 0 Å². The Morgan fingerprint density at radius 3 is 2.67 bits per heavy atom. The molecule has 21 heavy (non-hydrogen) atoms. The van der Waals surface area contributed by atoms with Gasteiger partial charge in [-0.2, -0.15) is 0 Å². The third-order valence-corrected chi connectivity index (χ3v) is 3.28. The van der Waals surface area contributed by atoms with Crippen molar-refractivity contribution in [1.29, 1.82) is 0 Å². The van der Waals surface area contributed by atoms with Crippen LogP contribution in [0.25, 0.3) is 0 Å². The second-order valence-electron chi connectivity index (χ2n) is 5.56. The van der Waals surface area contributed by atoms with Crippen LogP contribution in [-0.2, 0) is 11.2 Å². The number of amides is 1. The monoisotopic (exact) mass is 292 g/mol. The molecule has 0 aliphatic carbocycles. The summed E-state index contributed by atoms with van der Waals surface area (Å²) in [5, 5.41) is 6.03. The van der Waals surface area contributed by atoms with Crippen molar-refractivity contribution in [3.05, 3.63) is 35.4 Å². The lowest BCUT2D eigenvalue weighted by molar-refractivity contribution is 0.0905. The topological polar surface area (TPSA) is 50.4 Å². The van der Waals surface area contributed by atoms with Crippen molar-refractivity contribution in [3.8, 4) is 0 Å². The number of hydrogen-bond donors (Lipinski definition) is 2. The number of nitrogens with one attached hydrogen (secondary N) is 2. The van der Waals surface area contributed by atoms with Gasteiger partial charge in [-0.1, -0.05) is 32.0 Å². The van der Waals surface area contributed by atoms with Crippen LogP contribution in [0.5, 0.6) is 0 Å². The molecule has 0 saturated carbocycles. The lowest BCUT2D eigenvalue weighted by Crippen LogP contribution is -2.28. The summed E-state index contributed by atoms with van der Waals surface area (Å²) in [6, 6.07) is 7.75. The molecule has 4 heteroatoms. The largest absolute Gasteiger partial charge is 0.380 e. The zero-order valence-corrected chi connectivity index (χ0v) is 13.4. The molecule has 0 atom stereocenters. The van der Waals surface area contributed by atoms with Gasteiger partial charge in [0.1, 0.15) is 0 Å². The van der Waals surface area contributed by atoms with Crippen LogP contribution < -0.4 is 10.6 Å². The van der Waals surface area contributed by atoms with E-state index < -0.39 is 0 Å². The Morgan fingerprint density at radius 1 is 1.19 bits per heavy atom. The summed E-state index contributed by atoms with van der Waals surface area (Å²) in [7, 11) is 1.91. The molecule has 0 unspecified atom stereocenters. The molecule has 4 nitrogen and oxygen atoms in total. The number of rotatable bonds is 10. The summed E-state index contributed by atoms with van der Waals surface area (Å²) in [6.45, 7) is 7.09. The van der Waals surface area contributed by atoms with Crippen molar-refractivity contribution in [2.75, 3.05) is 33.4 Å². The highest BCUT2D eigenvalue weighted by Gasteiger charge is 2.09. The maximum Gasteiger partial charge on any atom is 0.251 e. The van der Waals surface area contributed by atoms with Crippen molar-refractivity contribution in [3.63, 3.8) is 0 Å². The Kier molecular flexibility index (Phi) is 8.71. The van der Waals surface area contributed by atoms with Crippen LogP contribution in [-0.4, -0.2) is 39.3 Å². The van der Waals surface area contributed by atoms with Crippen LogP contribution in [0.2, 0.25) is 0 Å². The summed E-state index contributed by atoms with van der Waals surface area (Å²) in [5.41, 5.74) is 1.83. The molecular formula is C17H28N2O2. The lowest BCUT2D eigenvalue weighted by Gasteiger charge is -2.11. The summed E-state index contributed by atoms with van der Waals surface area (Å²) in [4.78, 5) is 12.2. The predicted molar refractivity (Wildman–Crippen MR) is 86.7 cm³/mol. The first-order valence-electron chi connectivity index (χ1n) is 7.73. The van der Waals surface area contributed by atoms with Gasteiger partial charge in [0.25, 0.3) is 5.91 Å². The molecule has 0 aromatic heterocycles. The predicted octanol–water partition coefficient (Wildman–Crippen LogP) is 2.24. The van der Waals surface area contributed by atoms with Crippen LogP contribution in [0, 0.1) is 5.92 Å². The molecule has 0 heterocycles. The molecule has 118 valence electrons. The van der Waals surface area contributed by atoms with E-state index in [9.17, 15) is 4.79 Å². The van der Waals surface area contributed by atoms with Gasteiger partial charge < -0.3 is 15.4 Å². The van der Waals surface area contributed by atoms with E-state index in [2.05, 4.69) is 24.5 Å². The number of ether oxygens (including phenoxy) is 1. The average molecular weight is 292 g/mol. The summed E-state index contributed by atoms with van der Waals surface area (Å²) >= 11 is 0. The first kappa shape index (κ1) is 17.7. The highest BCUT2D eigenvalue weighted by Crippen LogP contribution is 2.09. The molecule has 0 spiro atoms. The molecule has 1 amide bonds. The molecule has 0 fully saturated rings. The van der Waals surface area contributed by atoms with Crippen molar-refractivity contribution < 1.29 is 9.53 Å². The quantitative estimate of drug-likeness (QED) is 0.650. The van der Waals surface area contributed by atoms with Crippen LogP contribution in [0.1, 0.15) is 36.2 Å². The summed E-state index contributed by atoms with van der Waals surface area (Å²) in [5.74, 6) is 0.632. The minimum absolute atomic E-state index is 0.0193. The van der Waals surface area contributed by atoms with Crippen LogP contribution in [0.15, 0.2) is 24.3 Å². The third kappa shape index (κ3) is 7.25. The van der Waals surface area contributed by atoms with Gasteiger partial charge in [-0.15, -0.1) is 0 Å². The maximum atomic E-state index is 12.2. The Bertz CT molecular complexity index is 419. The van der Waals surface area contributed by atoms with Gasteiger partial charge in [-0.05, 0) is 44.0 Å². The first-order valence-corrected chi connectivity index (χ1v) is 7.73. The van der Waals surface area contributed by atoms with Gasteiger partial charge in [0.15, 0.2) is 0 Å². The number of carbonyl (C=O) groups excluding carboxylic acids is 1. The molecule has 1 rings (SSSR count). The molecule has 0 aliphatic rings. The number of hydrogen-bond acceptors (Lipinski definition) is 3. The highest BCUT2D eigenvalue weighted by molar-refractivity contribution is 5.95. The number of benzene rings is 1. The molecule has 2 N–H and O–H groups in total. The van der Waals surface area contributed by atoms with Crippen LogP contribution in [0.3, 0.4) is 0 Å². The Morgan fingerprint density at radius 2 is 1.95 bits per heavy atom. The van der Waals surface area contributed by atoms with E-state index in [4.69, 9.17) is 4.74 Å². The standard InChI is InChI=1S/C17H28N2O2/c1-14(2)9-12-21-13-11-19-17(20)16-7-5-4-6-15(16)8-10-18-3/h4-7,14,18H,8-13H2,1-3H3,(H,19,20).